The lowest BCUT2D eigenvalue weighted by Crippen LogP contribution is -2.39. The van der Waals surface area contributed by atoms with Crippen molar-refractivity contribution in [3.05, 3.63) is 16.3 Å². The van der Waals surface area contributed by atoms with E-state index in [2.05, 4.69) is 50.0 Å². The van der Waals surface area contributed by atoms with Gasteiger partial charge in [-0.1, -0.05) is 20.8 Å². The van der Waals surface area contributed by atoms with Crippen LogP contribution in [0.25, 0.3) is 10.2 Å². The maximum Gasteiger partial charge on any atom is 0.146 e. The molecule has 0 amide bonds. The van der Waals surface area contributed by atoms with Crippen LogP contribution in [0, 0.1) is 11.8 Å². The summed E-state index contributed by atoms with van der Waals surface area (Å²) in [4.78, 5) is 17.5. The van der Waals surface area contributed by atoms with Crippen LogP contribution in [-0.4, -0.2) is 72.8 Å². The van der Waals surface area contributed by atoms with Crippen molar-refractivity contribution in [1.29, 1.82) is 0 Å². The molecule has 0 spiro atoms. The van der Waals surface area contributed by atoms with Gasteiger partial charge in [-0.15, -0.1) is 11.3 Å². The number of anilines is 1. The summed E-state index contributed by atoms with van der Waals surface area (Å²) in [5.74, 6) is 3.32. The molecule has 1 aliphatic heterocycles. The van der Waals surface area contributed by atoms with Gasteiger partial charge >= 0.3 is 0 Å². The van der Waals surface area contributed by atoms with Gasteiger partial charge in [-0.25, -0.2) is 9.97 Å². The van der Waals surface area contributed by atoms with E-state index < -0.39 is 0 Å². The maximum absolute atomic E-state index is 5.51. The lowest BCUT2D eigenvalue weighted by atomic mass is 9.89. The summed E-state index contributed by atoms with van der Waals surface area (Å²) in [6.45, 7) is 12.2. The van der Waals surface area contributed by atoms with Gasteiger partial charge in [0.1, 0.15) is 16.5 Å². The molecule has 1 aliphatic carbocycles. The van der Waals surface area contributed by atoms with Gasteiger partial charge in [-0.3, -0.25) is 4.90 Å². The Bertz CT molecular complexity index is 851. The van der Waals surface area contributed by atoms with Crippen LogP contribution in [0.4, 0.5) is 5.82 Å². The van der Waals surface area contributed by atoms with Gasteiger partial charge in [-0.05, 0) is 50.8 Å². The quantitative estimate of drug-likeness (QED) is 0.722. The zero-order valence-corrected chi connectivity index (χ0v) is 20.0. The number of hydrogen-bond donors (Lipinski definition) is 1. The highest BCUT2D eigenvalue weighted by atomic mass is 32.1. The molecule has 2 atom stereocenters. The van der Waals surface area contributed by atoms with E-state index in [1.807, 2.05) is 11.3 Å². The van der Waals surface area contributed by atoms with Crippen LogP contribution in [0.5, 0.6) is 0 Å². The summed E-state index contributed by atoms with van der Waals surface area (Å²) >= 11 is 1.90. The molecule has 3 heterocycles. The second-order valence-electron chi connectivity index (χ2n) is 9.56. The van der Waals surface area contributed by atoms with Crippen LogP contribution >= 0.6 is 11.3 Å². The summed E-state index contributed by atoms with van der Waals surface area (Å²) < 4.78 is 5.51. The van der Waals surface area contributed by atoms with Crippen molar-refractivity contribution in [2.45, 2.75) is 52.6 Å². The minimum Gasteiger partial charge on any atom is -0.379 e. The van der Waals surface area contributed by atoms with E-state index in [-0.39, 0.29) is 0 Å². The number of morpholine rings is 1. The van der Waals surface area contributed by atoms with E-state index >= 15 is 0 Å². The van der Waals surface area contributed by atoms with E-state index in [1.165, 1.54) is 33.5 Å². The van der Waals surface area contributed by atoms with E-state index in [0.29, 0.717) is 12.0 Å². The topological polar surface area (TPSA) is 53.5 Å². The second kappa shape index (κ2) is 9.47. The standard InChI is InChI=1S/C23H37N5OS/c1-15(2)18(27(4)5)13-24-22-21-17-7-6-16(3)12-19(17)30-23(21)26-20(25-22)14-28-8-10-29-11-9-28/h15-16,18H,6-14H2,1-5H3,(H,24,25,26)/t16-,18+/m0/s1. The van der Waals surface area contributed by atoms with Crippen LogP contribution < -0.4 is 5.32 Å². The molecule has 2 aromatic rings. The fourth-order valence-corrected chi connectivity index (χ4v) is 6.16. The number of ether oxygens (including phenoxy) is 1. The van der Waals surface area contributed by atoms with Crippen molar-refractivity contribution >= 4 is 27.4 Å². The Morgan fingerprint density at radius 1 is 1.23 bits per heavy atom. The first kappa shape index (κ1) is 21.9. The van der Waals surface area contributed by atoms with Crippen molar-refractivity contribution in [1.82, 2.24) is 19.8 Å². The van der Waals surface area contributed by atoms with Crippen LogP contribution in [-0.2, 0) is 24.1 Å². The van der Waals surface area contributed by atoms with Crippen molar-refractivity contribution in [2.24, 2.45) is 11.8 Å². The number of nitrogens with one attached hydrogen (secondary N) is 1. The molecule has 6 nitrogen and oxygen atoms in total. The Hall–Kier alpha value is -1.28. The number of likely N-dealkylation sites (N-methyl/N-ethyl adjacent to an activating group) is 1. The van der Waals surface area contributed by atoms with Crippen molar-refractivity contribution in [2.75, 3.05) is 52.3 Å². The highest BCUT2D eigenvalue weighted by molar-refractivity contribution is 7.19. The zero-order chi connectivity index (χ0) is 21.3. The van der Waals surface area contributed by atoms with Gasteiger partial charge in [0.2, 0.25) is 0 Å². The zero-order valence-electron chi connectivity index (χ0n) is 19.2. The highest BCUT2D eigenvalue weighted by Crippen LogP contribution is 2.40. The molecule has 1 N–H and O–H groups in total. The lowest BCUT2D eigenvalue weighted by molar-refractivity contribution is 0.0331. The molecule has 0 aromatic carbocycles. The number of rotatable bonds is 7. The average molecular weight is 432 g/mol. The SMILES string of the molecule is CC(C)[C@@H](CNc1nc(CN2CCOCC2)nc2sc3c(c12)CC[C@H](C)C3)N(C)C. The number of nitrogens with zero attached hydrogens (tertiary/aromatic N) is 4. The molecule has 7 heteroatoms. The summed E-state index contributed by atoms with van der Waals surface area (Å²) in [5, 5.41) is 5.03. The van der Waals surface area contributed by atoms with E-state index in [4.69, 9.17) is 14.7 Å². The normalized spacial score (nSPS) is 21.4. The van der Waals surface area contributed by atoms with Gasteiger partial charge in [0, 0.05) is 30.6 Å². The minimum atomic E-state index is 0.465. The largest absolute Gasteiger partial charge is 0.379 e. The first-order valence-corrected chi connectivity index (χ1v) is 12.3. The Balaban J connectivity index is 1.67. The molecule has 1 saturated heterocycles. The summed E-state index contributed by atoms with van der Waals surface area (Å²) in [7, 11) is 4.33. The molecule has 0 bridgehead atoms. The Morgan fingerprint density at radius 2 is 2.00 bits per heavy atom. The van der Waals surface area contributed by atoms with E-state index in [0.717, 1.165) is 63.4 Å². The third-order valence-electron chi connectivity index (χ3n) is 6.58. The van der Waals surface area contributed by atoms with Crippen LogP contribution in [0.2, 0.25) is 0 Å². The van der Waals surface area contributed by atoms with Crippen LogP contribution in [0.1, 0.15) is 43.5 Å². The van der Waals surface area contributed by atoms with Crippen molar-refractivity contribution < 1.29 is 4.74 Å². The molecule has 0 radical (unpaired) electrons. The number of hydrogen-bond acceptors (Lipinski definition) is 7. The third kappa shape index (κ3) is 4.79. The highest BCUT2D eigenvalue weighted by Gasteiger charge is 2.25. The van der Waals surface area contributed by atoms with Crippen LogP contribution in [0.15, 0.2) is 0 Å². The fourth-order valence-electron chi connectivity index (χ4n) is 4.76. The molecule has 4 rings (SSSR count). The molecule has 166 valence electrons. The average Bonchev–Trinajstić information content (AvgIpc) is 3.05. The van der Waals surface area contributed by atoms with Gasteiger partial charge < -0.3 is 15.0 Å². The Labute approximate surface area is 185 Å². The predicted octanol–water partition coefficient (Wildman–Crippen LogP) is 3.65. The molecule has 30 heavy (non-hydrogen) atoms. The lowest BCUT2D eigenvalue weighted by Gasteiger charge is -2.29. The van der Waals surface area contributed by atoms with Gasteiger partial charge in [0.05, 0.1) is 25.1 Å². The predicted molar refractivity (Wildman–Crippen MR) is 126 cm³/mol. The summed E-state index contributed by atoms with van der Waals surface area (Å²) in [5.41, 5.74) is 1.50. The Morgan fingerprint density at radius 3 is 2.70 bits per heavy atom. The first-order chi connectivity index (χ1) is 14.4. The van der Waals surface area contributed by atoms with Gasteiger partial charge in [0.25, 0.3) is 0 Å². The summed E-state index contributed by atoms with van der Waals surface area (Å²) in [6, 6.07) is 0.465. The van der Waals surface area contributed by atoms with Gasteiger partial charge in [0.15, 0.2) is 0 Å². The van der Waals surface area contributed by atoms with E-state index in [1.54, 1.807) is 0 Å². The molecule has 2 aromatic heterocycles. The molecule has 0 saturated carbocycles. The van der Waals surface area contributed by atoms with Crippen molar-refractivity contribution in [3.63, 3.8) is 0 Å². The molecule has 1 fully saturated rings. The van der Waals surface area contributed by atoms with Crippen molar-refractivity contribution in [3.8, 4) is 0 Å². The fraction of sp³-hybridized carbons (Fsp3) is 0.739. The smallest absolute Gasteiger partial charge is 0.146 e. The first-order valence-electron chi connectivity index (χ1n) is 11.4. The minimum absolute atomic E-state index is 0.465. The number of fused-ring (bicyclic) bond motifs is 3. The second-order valence-corrected chi connectivity index (χ2v) is 10.6. The Kier molecular flexibility index (Phi) is 6.92. The third-order valence-corrected chi connectivity index (χ3v) is 7.73. The van der Waals surface area contributed by atoms with Crippen LogP contribution in [0.3, 0.4) is 0 Å². The summed E-state index contributed by atoms with van der Waals surface area (Å²) in [6.07, 6.45) is 3.60. The monoisotopic (exact) mass is 431 g/mol. The number of thiophene rings is 1. The van der Waals surface area contributed by atoms with E-state index in [9.17, 15) is 0 Å². The maximum atomic E-state index is 5.51. The molecule has 0 unspecified atom stereocenters. The number of aromatic nitrogens is 2. The van der Waals surface area contributed by atoms with Gasteiger partial charge in [-0.2, -0.15) is 0 Å². The number of aryl methyl sites for hydroxylation is 1. The molecular formula is C23H37N5OS. The molecule has 2 aliphatic rings. The molecular weight excluding hydrogens is 394 g/mol.